The number of rotatable bonds is 24. The van der Waals surface area contributed by atoms with Gasteiger partial charge in [0, 0.05) is 90.9 Å². The van der Waals surface area contributed by atoms with Crippen LogP contribution < -0.4 is 40.4 Å². The van der Waals surface area contributed by atoms with Crippen molar-refractivity contribution in [2.45, 2.75) is 240 Å². The first-order valence-electron chi connectivity index (χ1n) is 19.8. The number of hydrogen-bond acceptors (Lipinski definition) is 20. The number of halogens is 4. The van der Waals surface area contributed by atoms with Crippen molar-refractivity contribution in [2.24, 2.45) is 5.73 Å². The molecule has 0 amide bonds. The van der Waals surface area contributed by atoms with Gasteiger partial charge in [0.05, 0.1) is 57.5 Å². The summed E-state index contributed by atoms with van der Waals surface area (Å²) >= 11 is 11.1. The molecule has 4 N–H and O–H groups in total. The molecule has 3 fully saturated rings. The number of nitrogens with one attached hydrogen (secondary N) is 1. The van der Waals surface area contributed by atoms with Crippen LogP contribution in [0.4, 0.5) is 0 Å². The van der Waals surface area contributed by atoms with Crippen molar-refractivity contribution in [1.82, 2.24) is 5.09 Å². The van der Waals surface area contributed by atoms with E-state index in [4.69, 9.17) is 74.1 Å². The standard InChI is InChI=1S/C16H35ClNO9P3.C5H12ClO3P.C5H12O3P.C4H9N.C3H6O3P.15CH4.Cl2.Na.H2O/c1-13(10-22-4)27-30(17,21)24-12-15(3)26-29(6,20)23-11-14(2)25-28(5,19)18-16-8-7-9-16;1-5(4-8-2)9-10(3,6)7;1-5(4-7-2)8-9(3)6;5-4-2-1-3-4;1-3-2-5-7(4)6-3;;;;;;;;;;;;;;;;1-2;;/h13-16H,7-12H2,1-6H3,(H,18,19);5H,4H2,1-3H3;5H,4H2,1-3H3;4H,1-3,5H2;3H,2H2,1H3;15*1H4;;;1H2/q;;+1;;+1;;;;;;;;;;;;;;;;;+1;/p-1. The zero-order chi connectivity index (χ0) is 49.5. The van der Waals surface area contributed by atoms with Crippen LogP contribution in [0.1, 0.15) is 191 Å². The Balaban J connectivity index is -0.0000000339. The molecular formula is C48H135Cl4N2NaO19P6+2. The second-order valence-corrected chi connectivity index (χ2v) is 27.0. The molecule has 0 aromatic heterocycles. The molecule has 0 radical (unpaired) electrons. The van der Waals surface area contributed by atoms with Crippen LogP contribution in [0.25, 0.3) is 0 Å². The molecule has 1 saturated heterocycles. The van der Waals surface area contributed by atoms with Crippen molar-refractivity contribution < 1.29 is 117 Å². The normalized spacial score (nSPS) is 18.1. The summed E-state index contributed by atoms with van der Waals surface area (Å²) in [4.78, 5) is 0. The zero-order valence-corrected chi connectivity index (χ0v) is 50.6. The maximum Gasteiger partial charge on any atom is 1.00 e. The maximum absolute atomic E-state index is 12.5. The molecule has 1 aliphatic heterocycles. The van der Waals surface area contributed by atoms with Gasteiger partial charge in [-0.15, -0.1) is 13.6 Å². The second-order valence-electron chi connectivity index (χ2n) is 14.7. The number of ether oxygens (including phenoxy) is 3. The summed E-state index contributed by atoms with van der Waals surface area (Å²) < 4.78 is 128. The Labute approximate surface area is 541 Å². The molecule has 0 bridgehead atoms. The van der Waals surface area contributed by atoms with E-state index in [9.17, 15) is 27.4 Å². The van der Waals surface area contributed by atoms with Gasteiger partial charge in [-0.25, -0.2) is 9.65 Å². The number of hydrogen-bond donors (Lipinski definition) is 2. The molecule has 2 saturated carbocycles. The first-order chi connectivity index (χ1) is 29.0. The van der Waals surface area contributed by atoms with Crippen LogP contribution in [-0.4, -0.2) is 142 Å². The fourth-order valence-electron chi connectivity index (χ4n) is 4.52. The van der Waals surface area contributed by atoms with Crippen molar-refractivity contribution in [3.8, 4) is 0 Å². The molecule has 0 aromatic rings. The van der Waals surface area contributed by atoms with E-state index in [0.29, 0.717) is 25.9 Å². The van der Waals surface area contributed by atoms with E-state index in [1.807, 2.05) is 13.8 Å². The van der Waals surface area contributed by atoms with Gasteiger partial charge in [-0.05, 0) is 83.0 Å². The number of methoxy groups -OCH3 is 3. The van der Waals surface area contributed by atoms with Gasteiger partial charge < -0.3 is 43.5 Å². The topological polar surface area (TPSA) is 281 Å². The Bertz CT molecular complexity index is 1430. The summed E-state index contributed by atoms with van der Waals surface area (Å²) in [5.74, 6) is 0. The summed E-state index contributed by atoms with van der Waals surface area (Å²) in [6, 6.07) is 0.782. The van der Waals surface area contributed by atoms with Crippen molar-refractivity contribution in [2.75, 3.05) is 87.6 Å². The molecule has 12 unspecified atom stereocenters. The predicted octanol–water partition coefficient (Wildman–Crippen LogP) is 17.9. The Kier molecular flexibility index (Phi) is 140. The molecule has 508 valence electrons. The summed E-state index contributed by atoms with van der Waals surface area (Å²) in [7, 11) is 3.15. The van der Waals surface area contributed by atoms with Gasteiger partial charge >= 0.3 is 60.4 Å². The van der Waals surface area contributed by atoms with Gasteiger partial charge in [0.2, 0.25) is 0 Å². The van der Waals surface area contributed by atoms with Crippen LogP contribution in [0.2, 0.25) is 0 Å². The first-order valence-corrected chi connectivity index (χ1v) is 33.1. The van der Waals surface area contributed by atoms with Gasteiger partial charge in [-0.3, -0.25) is 22.7 Å². The molecular weight excluding hydrogens is 1260 g/mol. The maximum atomic E-state index is 12.5. The third-order valence-electron chi connectivity index (χ3n) is 7.32. The first kappa shape index (κ1) is 140. The minimum absolute atomic E-state index is 0. The van der Waals surface area contributed by atoms with Crippen LogP contribution in [0, 0.1) is 0 Å². The van der Waals surface area contributed by atoms with Gasteiger partial charge in [-0.2, -0.15) is 0 Å². The fourth-order valence-corrected chi connectivity index (χ4v) is 11.5. The molecule has 80 heavy (non-hydrogen) atoms. The Morgan fingerprint density at radius 3 is 1.23 bits per heavy atom. The summed E-state index contributed by atoms with van der Waals surface area (Å²) in [5.41, 5.74) is 5.38. The van der Waals surface area contributed by atoms with Crippen LogP contribution in [0.3, 0.4) is 0 Å². The molecule has 3 aliphatic rings. The largest absolute Gasteiger partial charge is 1.00 e. The summed E-state index contributed by atoms with van der Waals surface area (Å²) in [6.45, 7) is 10.6. The van der Waals surface area contributed by atoms with Gasteiger partial charge in [0.25, 0.3) is 14.2 Å². The molecule has 0 spiro atoms. The van der Waals surface area contributed by atoms with E-state index in [-0.39, 0.29) is 191 Å². The quantitative estimate of drug-likeness (QED) is 0.0671. The predicted molar refractivity (Wildman–Crippen MR) is 355 cm³/mol. The SMILES string of the molecule is C.C.C.C.C.C.C.C.C.C.C.C.C.C.C.CC1CO[P+](=O)O1.COCC(C)OP(=O)(Cl)OCC(C)OP(C)(=O)OCC(C)OP(C)(=O)NC1CCC1.COCC(C)OP(C)(=O)Cl.COCC(C)O[P+](C)=O.ClCl.NC1CCC1.[Na+].[OH-]. The van der Waals surface area contributed by atoms with E-state index in [2.05, 4.69) is 35.8 Å². The smallest absolute Gasteiger partial charge is 0.870 e. The Hall–Kier alpha value is 2.68. The summed E-state index contributed by atoms with van der Waals surface area (Å²) in [5, 5.41) is 3.01. The van der Waals surface area contributed by atoms with Gasteiger partial charge in [-0.1, -0.05) is 124 Å². The van der Waals surface area contributed by atoms with Crippen LogP contribution >= 0.6 is 89.3 Å². The molecule has 32 heteroatoms. The molecule has 12 atom stereocenters. The average molecular weight is 1400 g/mol. The molecule has 3 rings (SSSR count). The van der Waals surface area contributed by atoms with Crippen LogP contribution in [0.15, 0.2) is 0 Å². The van der Waals surface area contributed by atoms with Crippen LogP contribution in [-0.2, 0) is 82.3 Å². The van der Waals surface area contributed by atoms with E-state index in [1.165, 1.54) is 53.0 Å². The van der Waals surface area contributed by atoms with Crippen molar-refractivity contribution >= 4 is 89.3 Å². The van der Waals surface area contributed by atoms with Crippen molar-refractivity contribution in [1.29, 1.82) is 0 Å². The third-order valence-corrected chi connectivity index (χ3v) is 14.4. The molecule has 2 aliphatic carbocycles. The average Bonchev–Trinajstić information content (AvgIpc) is 3.50. The van der Waals surface area contributed by atoms with E-state index in [0.717, 1.165) is 19.3 Å². The number of nitrogens with two attached hydrogens (primary N) is 1. The van der Waals surface area contributed by atoms with Crippen molar-refractivity contribution in [3.05, 3.63) is 0 Å². The molecule has 1 heterocycles. The minimum atomic E-state index is -3.84. The monoisotopic (exact) mass is 1390 g/mol. The Morgan fingerprint density at radius 1 is 0.613 bits per heavy atom. The molecule has 0 aromatic carbocycles. The van der Waals surface area contributed by atoms with Crippen LogP contribution in [0.5, 0.6) is 0 Å². The van der Waals surface area contributed by atoms with E-state index in [1.54, 1.807) is 41.9 Å². The third kappa shape index (κ3) is 94.4. The van der Waals surface area contributed by atoms with Gasteiger partial charge in [0.1, 0.15) is 18.8 Å². The molecule has 21 nitrogen and oxygen atoms in total. The van der Waals surface area contributed by atoms with Crippen molar-refractivity contribution in [3.63, 3.8) is 0 Å². The van der Waals surface area contributed by atoms with Gasteiger partial charge in [0.15, 0.2) is 6.66 Å². The second kappa shape index (κ2) is 79.7. The van der Waals surface area contributed by atoms with E-state index >= 15 is 0 Å². The van der Waals surface area contributed by atoms with E-state index < -0.39 is 63.4 Å². The Morgan fingerprint density at radius 2 is 0.950 bits per heavy atom. The fraction of sp³-hybridized carbons (Fsp3) is 1.00. The minimum Gasteiger partial charge on any atom is -0.870 e. The summed E-state index contributed by atoms with van der Waals surface area (Å²) in [6.07, 6.45) is 4.90. The zero-order valence-electron chi connectivity index (χ0n) is 40.2.